The zero-order chi connectivity index (χ0) is 14.0. The van der Waals surface area contributed by atoms with Crippen LogP contribution in [0.5, 0.6) is 0 Å². The van der Waals surface area contributed by atoms with Gasteiger partial charge in [0.1, 0.15) is 5.82 Å². The number of hydrogen-bond donors (Lipinski definition) is 1. The number of amides is 1. The summed E-state index contributed by atoms with van der Waals surface area (Å²) in [6, 6.07) is 8.60. The second-order valence-electron chi connectivity index (χ2n) is 6.87. The molecule has 2 bridgehead atoms. The number of benzene rings is 1. The molecule has 1 aromatic carbocycles. The summed E-state index contributed by atoms with van der Waals surface area (Å²) in [7, 11) is 0. The summed E-state index contributed by atoms with van der Waals surface area (Å²) < 4.78 is 0. The molecule has 2 aromatic rings. The summed E-state index contributed by atoms with van der Waals surface area (Å²) in [5.74, 6) is 3.88. The zero-order valence-electron chi connectivity index (χ0n) is 12.0. The number of para-hydroxylation sites is 2. The van der Waals surface area contributed by atoms with Crippen LogP contribution in [0, 0.1) is 17.8 Å². The van der Waals surface area contributed by atoms with E-state index in [0.29, 0.717) is 18.4 Å². The average Bonchev–Trinajstić information content (AvgIpc) is 2.91. The number of rotatable bonds is 3. The minimum Gasteiger partial charge on any atom is -0.342 e. The van der Waals surface area contributed by atoms with E-state index in [0.717, 1.165) is 47.6 Å². The molecule has 3 fully saturated rings. The van der Waals surface area contributed by atoms with E-state index in [1.54, 1.807) is 0 Å². The van der Waals surface area contributed by atoms with E-state index in [1.807, 2.05) is 24.3 Å². The topological polar surface area (TPSA) is 49.0 Å². The van der Waals surface area contributed by atoms with Crippen LogP contribution in [0.15, 0.2) is 24.3 Å². The van der Waals surface area contributed by atoms with Crippen LogP contribution in [0.4, 0.5) is 0 Å². The monoisotopic (exact) mass is 281 g/mol. The maximum absolute atomic E-state index is 12.5. The molecular formula is C17H19N3O. The third-order valence-electron chi connectivity index (χ3n) is 5.70. The van der Waals surface area contributed by atoms with Gasteiger partial charge in [-0.05, 0) is 42.7 Å². The van der Waals surface area contributed by atoms with Gasteiger partial charge in [-0.2, -0.15) is 0 Å². The Hall–Kier alpha value is -1.84. The summed E-state index contributed by atoms with van der Waals surface area (Å²) in [5, 5.41) is 0. The van der Waals surface area contributed by atoms with Crippen molar-refractivity contribution in [3.63, 3.8) is 0 Å². The van der Waals surface area contributed by atoms with Crippen LogP contribution in [0.2, 0.25) is 0 Å². The van der Waals surface area contributed by atoms with Crippen LogP contribution in [-0.4, -0.2) is 33.4 Å². The van der Waals surface area contributed by atoms with Gasteiger partial charge in [0.15, 0.2) is 0 Å². The number of aromatic amines is 1. The lowest BCUT2D eigenvalue weighted by Crippen LogP contribution is -2.39. The van der Waals surface area contributed by atoms with Gasteiger partial charge in [-0.3, -0.25) is 4.79 Å². The molecule has 0 spiro atoms. The van der Waals surface area contributed by atoms with Gasteiger partial charge in [0.05, 0.1) is 11.0 Å². The average molecular weight is 281 g/mol. The first-order valence-electron chi connectivity index (χ1n) is 8.03. The summed E-state index contributed by atoms with van der Waals surface area (Å²) >= 11 is 0. The van der Waals surface area contributed by atoms with E-state index in [4.69, 9.17) is 0 Å². The van der Waals surface area contributed by atoms with Crippen LogP contribution < -0.4 is 0 Å². The maximum atomic E-state index is 12.5. The molecule has 1 aliphatic heterocycles. The van der Waals surface area contributed by atoms with Crippen molar-refractivity contribution in [1.29, 1.82) is 0 Å². The molecule has 1 amide bonds. The molecule has 2 saturated carbocycles. The molecule has 0 unspecified atom stereocenters. The number of nitrogens with zero attached hydrogens (tertiary/aromatic N) is 2. The number of piperidine rings is 1. The van der Waals surface area contributed by atoms with Gasteiger partial charge in [0.25, 0.3) is 0 Å². The van der Waals surface area contributed by atoms with Crippen LogP contribution in [0.25, 0.3) is 11.0 Å². The first-order valence-corrected chi connectivity index (χ1v) is 8.03. The number of hydrogen-bond acceptors (Lipinski definition) is 2. The van der Waals surface area contributed by atoms with Crippen molar-refractivity contribution in [1.82, 2.24) is 14.9 Å². The van der Waals surface area contributed by atoms with Crippen LogP contribution in [-0.2, 0) is 11.2 Å². The molecule has 4 nitrogen and oxygen atoms in total. The van der Waals surface area contributed by atoms with Crippen molar-refractivity contribution in [2.45, 2.75) is 31.7 Å². The van der Waals surface area contributed by atoms with Gasteiger partial charge < -0.3 is 9.88 Å². The molecule has 4 atom stereocenters. The molecule has 4 heteroatoms. The lowest BCUT2D eigenvalue weighted by molar-refractivity contribution is -0.133. The van der Waals surface area contributed by atoms with Gasteiger partial charge in [-0.1, -0.05) is 12.1 Å². The highest BCUT2D eigenvalue weighted by molar-refractivity contribution is 5.78. The normalized spacial score (nSPS) is 32.7. The number of nitrogens with one attached hydrogen (secondary N) is 1. The fourth-order valence-corrected chi connectivity index (χ4v) is 4.62. The Kier molecular flexibility index (Phi) is 2.29. The third-order valence-corrected chi connectivity index (χ3v) is 5.70. The molecule has 5 rings (SSSR count). The van der Waals surface area contributed by atoms with Crippen LogP contribution in [0.3, 0.4) is 0 Å². The van der Waals surface area contributed by atoms with E-state index < -0.39 is 0 Å². The van der Waals surface area contributed by atoms with E-state index >= 15 is 0 Å². The smallest absolute Gasteiger partial charge is 0.223 e. The van der Waals surface area contributed by atoms with Gasteiger partial charge in [0, 0.05) is 25.4 Å². The molecule has 108 valence electrons. The van der Waals surface area contributed by atoms with Crippen molar-refractivity contribution >= 4 is 16.9 Å². The predicted molar refractivity (Wildman–Crippen MR) is 79.6 cm³/mol. The zero-order valence-corrected chi connectivity index (χ0v) is 12.0. The number of H-pyrrole nitrogens is 1. The SMILES string of the molecule is O=C(CCc1nc2ccccc2[nH]1)N1C[C@@H]2C[C@H]1[C@H]1C[C@@H]21. The van der Waals surface area contributed by atoms with E-state index in [-0.39, 0.29) is 0 Å². The molecule has 1 saturated heterocycles. The highest BCUT2D eigenvalue weighted by atomic mass is 16.2. The van der Waals surface area contributed by atoms with Crippen molar-refractivity contribution < 1.29 is 4.79 Å². The number of carbonyl (C=O) groups is 1. The lowest BCUT2D eigenvalue weighted by atomic mass is 10.1. The highest BCUT2D eigenvalue weighted by Crippen LogP contribution is 2.61. The van der Waals surface area contributed by atoms with E-state index in [2.05, 4.69) is 14.9 Å². The van der Waals surface area contributed by atoms with Gasteiger partial charge in [-0.15, -0.1) is 0 Å². The van der Waals surface area contributed by atoms with Gasteiger partial charge >= 0.3 is 0 Å². The maximum Gasteiger partial charge on any atom is 0.223 e. The Bertz CT molecular complexity index is 689. The Morgan fingerprint density at radius 1 is 1.29 bits per heavy atom. The number of aryl methyl sites for hydroxylation is 1. The molecule has 3 aliphatic rings. The van der Waals surface area contributed by atoms with Gasteiger partial charge in [-0.25, -0.2) is 4.98 Å². The van der Waals surface area contributed by atoms with Crippen LogP contribution >= 0.6 is 0 Å². The second-order valence-corrected chi connectivity index (χ2v) is 6.87. The molecule has 2 aliphatic carbocycles. The predicted octanol–water partition coefficient (Wildman–Crippen LogP) is 2.36. The summed E-state index contributed by atoms with van der Waals surface area (Å²) in [5.41, 5.74) is 2.04. The van der Waals surface area contributed by atoms with E-state index in [1.165, 1.54) is 12.8 Å². The van der Waals surface area contributed by atoms with Crippen molar-refractivity contribution in [3.8, 4) is 0 Å². The number of carbonyl (C=O) groups excluding carboxylic acids is 1. The third kappa shape index (κ3) is 1.74. The number of imidazole rings is 1. The van der Waals surface area contributed by atoms with Crippen molar-refractivity contribution in [2.75, 3.05) is 6.54 Å². The molecule has 1 N–H and O–H groups in total. The van der Waals surface area contributed by atoms with Crippen LogP contribution in [0.1, 0.15) is 25.1 Å². The quantitative estimate of drug-likeness (QED) is 0.939. The largest absolute Gasteiger partial charge is 0.342 e. The standard InChI is InChI=1S/C17H19N3O/c21-17(20-9-10-7-15(20)12-8-11(10)12)6-5-16-18-13-3-1-2-4-14(13)19-16/h1-4,10-12,15H,5-9H2,(H,18,19)/t10-,11-,12-,15-/m0/s1. The molecule has 0 radical (unpaired) electrons. The summed E-state index contributed by atoms with van der Waals surface area (Å²) in [6.45, 7) is 1.02. The Balaban J connectivity index is 1.27. The highest BCUT2D eigenvalue weighted by Gasteiger charge is 2.61. The Morgan fingerprint density at radius 3 is 3.00 bits per heavy atom. The summed E-state index contributed by atoms with van der Waals surface area (Å²) in [6.07, 6.45) is 3.95. The first kappa shape index (κ1) is 11.8. The number of aromatic nitrogens is 2. The Morgan fingerprint density at radius 2 is 2.19 bits per heavy atom. The second kappa shape index (κ2) is 4.09. The summed E-state index contributed by atoms with van der Waals surface area (Å²) in [4.78, 5) is 22.5. The minimum absolute atomic E-state index is 0.327. The Labute approximate surface area is 123 Å². The lowest BCUT2D eigenvalue weighted by Gasteiger charge is -2.26. The molecule has 1 aromatic heterocycles. The van der Waals surface area contributed by atoms with Crippen molar-refractivity contribution in [2.24, 2.45) is 17.8 Å². The number of fused-ring (bicyclic) bond motifs is 6. The number of likely N-dealkylation sites (tertiary alicyclic amines) is 1. The van der Waals surface area contributed by atoms with Gasteiger partial charge in [0.2, 0.25) is 5.91 Å². The fourth-order valence-electron chi connectivity index (χ4n) is 4.62. The molecule has 2 heterocycles. The van der Waals surface area contributed by atoms with Crippen molar-refractivity contribution in [3.05, 3.63) is 30.1 Å². The van der Waals surface area contributed by atoms with E-state index in [9.17, 15) is 4.79 Å². The fraction of sp³-hybridized carbons (Fsp3) is 0.529. The molecular weight excluding hydrogens is 262 g/mol. The first-order chi connectivity index (χ1) is 10.3. The minimum atomic E-state index is 0.327. The molecule has 21 heavy (non-hydrogen) atoms.